The van der Waals surface area contributed by atoms with Crippen LogP contribution in [-0.4, -0.2) is 13.9 Å². The zero-order valence-corrected chi connectivity index (χ0v) is 10.1. The minimum atomic E-state index is -5.94. The zero-order valence-electron chi connectivity index (χ0n) is 9.27. The van der Waals surface area contributed by atoms with Gasteiger partial charge >= 0.3 is 21.3 Å². The smallest absolute Gasteiger partial charge is 0.422 e. The van der Waals surface area contributed by atoms with E-state index in [9.17, 15) is 30.8 Å². The van der Waals surface area contributed by atoms with Crippen molar-refractivity contribution in [3.05, 3.63) is 40.5 Å². The molecule has 2 aromatic rings. The molecule has 0 aliphatic rings. The molecule has 0 N–H and O–H groups in total. The first-order valence-corrected chi connectivity index (χ1v) is 6.25. The first-order valence-electron chi connectivity index (χ1n) is 4.84. The third-order valence-corrected chi connectivity index (χ3v) is 3.12. The lowest BCUT2D eigenvalue weighted by molar-refractivity contribution is -0.0499. The van der Waals surface area contributed by atoms with Gasteiger partial charge in [0.05, 0.1) is 11.5 Å². The molecule has 0 radical (unpaired) electrons. The Kier molecular flexibility index (Phi) is 3.20. The highest BCUT2D eigenvalue weighted by atomic mass is 32.2. The Bertz CT molecular complexity index is 822. The quantitative estimate of drug-likeness (QED) is 0.368. The minimum Gasteiger partial charge on any atom is -0.422 e. The number of fused-ring (bicyclic) bond motifs is 1. The van der Waals surface area contributed by atoms with Crippen molar-refractivity contribution in [2.75, 3.05) is 0 Å². The van der Waals surface area contributed by atoms with Gasteiger partial charge in [-0.05, 0) is 12.1 Å². The fraction of sp³-hybridized carbons (Fsp3) is 0.100. The van der Waals surface area contributed by atoms with Crippen LogP contribution in [0.15, 0.2) is 33.5 Å². The molecule has 0 atom stereocenters. The average Bonchev–Trinajstić information content (AvgIpc) is 2.25. The summed E-state index contributed by atoms with van der Waals surface area (Å²) in [6, 6.07) is 2.90. The van der Waals surface area contributed by atoms with Crippen LogP contribution in [0.1, 0.15) is 0 Å². The van der Waals surface area contributed by atoms with Crippen molar-refractivity contribution in [1.29, 1.82) is 0 Å². The molecule has 20 heavy (non-hydrogen) atoms. The van der Waals surface area contributed by atoms with E-state index in [0.717, 1.165) is 12.1 Å². The first-order chi connectivity index (χ1) is 9.10. The summed E-state index contributed by atoms with van der Waals surface area (Å²) in [7, 11) is -5.94. The Morgan fingerprint density at radius 1 is 1.15 bits per heavy atom. The highest BCUT2D eigenvalue weighted by molar-refractivity contribution is 7.88. The summed E-state index contributed by atoms with van der Waals surface area (Å²) in [5, 5.41) is -0.293. The molecule has 0 bridgehead atoms. The molecule has 1 heterocycles. The summed E-state index contributed by atoms with van der Waals surface area (Å²) in [5.74, 6) is -1.72. The maximum Gasteiger partial charge on any atom is 0.534 e. The van der Waals surface area contributed by atoms with Crippen molar-refractivity contribution < 1.29 is 34.6 Å². The predicted molar refractivity (Wildman–Crippen MR) is 58.0 cm³/mol. The van der Waals surface area contributed by atoms with Crippen molar-refractivity contribution in [1.82, 2.24) is 0 Å². The van der Waals surface area contributed by atoms with E-state index in [0.29, 0.717) is 12.1 Å². The molecular formula is C10H4F4O5S. The van der Waals surface area contributed by atoms with Crippen LogP contribution in [0.4, 0.5) is 17.6 Å². The Labute approximate surface area is 108 Å². The van der Waals surface area contributed by atoms with Crippen molar-refractivity contribution in [3.63, 3.8) is 0 Å². The number of benzene rings is 1. The second-order valence-electron chi connectivity index (χ2n) is 3.55. The molecule has 0 saturated carbocycles. The van der Waals surface area contributed by atoms with E-state index >= 15 is 0 Å². The number of hydrogen-bond acceptors (Lipinski definition) is 5. The van der Waals surface area contributed by atoms with E-state index in [1.165, 1.54) is 0 Å². The maximum absolute atomic E-state index is 12.9. The van der Waals surface area contributed by atoms with Gasteiger partial charge in [-0.2, -0.15) is 21.6 Å². The van der Waals surface area contributed by atoms with Gasteiger partial charge in [-0.3, -0.25) is 0 Å². The molecule has 0 spiro atoms. The monoisotopic (exact) mass is 312 g/mol. The molecule has 10 heteroatoms. The second-order valence-corrected chi connectivity index (χ2v) is 5.09. The fourth-order valence-electron chi connectivity index (χ4n) is 1.34. The SMILES string of the molecule is O=c1cc(OS(=O)(=O)C(F)(F)F)c2ccc(F)cc2o1. The lowest BCUT2D eigenvalue weighted by atomic mass is 10.2. The van der Waals surface area contributed by atoms with Crippen LogP contribution in [0, 0.1) is 5.82 Å². The third kappa shape index (κ3) is 2.59. The summed E-state index contributed by atoms with van der Waals surface area (Å²) in [5.41, 5.74) is -7.28. The van der Waals surface area contributed by atoms with Crippen LogP contribution in [0.3, 0.4) is 0 Å². The number of hydrogen-bond donors (Lipinski definition) is 0. The summed E-state index contributed by atoms with van der Waals surface area (Å²) in [6.45, 7) is 0. The molecular weight excluding hydrogens is 308 g/mol. The molecule has 1 aromatic carbocycles. The molecule has 0 unspecified atom stereocenters. The molecule has 2 rings (SSSR count). The lowest BCUT2D eigenvalue weighted by Crippen LogP contribution is -2.28. The van der Waals surface area contributed by atoms with E-state index in [1.54, 1.807) is 0 Å². The maximum atomic E-state index is 12.9. The van der Waals surface area contributed by atoms with Crippen molar-refractivity contribution in [2.24, 2.45) is 0 Å². The van der Waals surface area contributed by atoms with Crippen LogP contribution in [-0.2, 0) is 10.1 Å². The lowest BCUT2D eigenvalue weighted by Gasteiger charge is -2.10. The van der Waals surface area contributed by atoms with E-state index in [4.69, 9.17) is 0 Å². The first kappa shape index (κ1) is 14.3. The summed E-state index contributed by atoms with van der Waals surface area (Å²) >= 11 is 0. The Balaban J connectivity index is 2.64. The largest absolute Gasteiger partial charge is 0.534 e. The highest BCUT2D eigenvalue weighted by Gasteiger charge is 2.48. The standard InChI is InChI=1S/C10H4F4O5S/c11-5-1-2-6-7(3-5)18-9(15)4-8(6)19-20(16,17)10(12,13)14/h1-4H. The Hall–Kier alpha value is -2.10. The molecule has 0 fully saturated rings. The molecule has 0 amide bonds. The van der Waals surface area contributed by atoms with Gasteiger partial charge in [0.15, 0.2) is 5.75 Å². The van der Waals surface area contributed by atoms with Crippen molar-refractivity contribution in [3.8, 4) is 5.75 Å². The molecule has 0 saturated heterocycles. The van der Waals surface area contributed by atoms with E-state index in [2.05, 4.69) is 8.60 Å². The average molecular weight is 312 g/mol. The van der Waals surface area contributed by atoms with Gasteiger partial charge in [0, 0.05) is 6.07 Å². The number of rotatable bonds is 2. The van der Waals surface area contributed by atoms with Gasteiger partial charge in [0.25, 0.3) is 0 Å². The normalized spacial score (nSPS) is 12.6. The fourth-order valence-corrected chi connectivity index (χ4v) is 1.81. The number of halogens is 4. The van der Waals surface area contributed by atoms with E-state index in [1.807, 2.05) is 0 Å². The summed E-state index contributed by atoms with van der Waals surface area (Å²) in [6.07, 6.45) is 0. The van der Waals surface area contributed by atoms with Crippen LogP contribution in [0.2, 0.25) is 0 Å². The number of alkyl halides is 3. The highest BCUT2D eigenvalue weighted by Crippen LogP contribution is 2.30. The summed E-state index contributed by atoms with van der Waals surface area (Å²) < 4.78 is 79.7. The molecule has 108 valence electrons. The van der Waals surface area contributed by atoms with Gasteiger partial charge in [-0.1, -0.05) is 0 Å². The van der Waals surface area contributed by atoms with Crippen LogP contribution >= 0.6 is 0 Å². The Morgan fingerprint density at radius 2 is 1.80 bits per heavy atom. The van der Waals surface area contributed by atoms with Gasteiger partial charge in [-0.25, -0.2) is 9.18 Å². The second kappa shape index (κ2) is 4.47. The Morgan fingerprint density at radius 3 is 2.40 bits per heavy atom. The zero-order chi connectivity index (χ0) is 15.1. The van der Waals surface area contributed by atoms with Crippen molar-refractivity contribution >= 4 is 21.1 Å². The van der Waals surface area contributed by atoms with Crippen LogP contribution in [0.25, 0.3) is 11.0 Å². The summed E-state index contributed by atoms with van der Waals surface area (Å²) in [4.78, 5) is 11.1. The van der Waals surface area contributed by atoms with Crippen LogP contribution in [0.5, 0.6) is 5.75 Å². The molecule has 0 aliphatic heterocycles. The van der Waals surface area contributed by atoms with Gasteiger partial charge in [0.1, 0.15) is 11.4 Å². The van der Waals surface area contributed by atoms with Crippen molar-refractivity contribution in [2.45, 2.75) is 5.51 Å². The molecule has 5 nitrogen and oxygen atoms in total. The minimum absolute atomic E-state index is 0.293. The van der Waals surface area contributed by atoms with Gasteiger partial charge in [0.2, 0.25) is 0 Å². The van der Waals surface area contributed by atoms with E-state index in [-0.39, 0.29) is 5.39 Å². The molecule has 1 aromatic heterocycles. The van der Waals surface area contributed by atoms with Crippen LogP contribution < -0.4 is 9.81 Å². The third-order valence-electron chi connectivity index (χ3n) is 2.15. The van der Waals surface area contributed by atoms with E-state index < -0.39 is 38.4 Å². The van der Waals surface area contributed by atoms with Gasteiger partial charge in [-0.15, -0.1) is 0 Å². The van der Waals surface area contributed by atoms with Gasteiger partial charge < -0.3 is 8.60 Å². The topological polar surface area (TPSA) is 73.6 Å². The molecule has 0 aliphatic carbocycles. The predicted octanol–water partition coefficient (Wildman–Crippen LogP) is 2.16.